The van der Waals surface area contributed by atoms with Crippen LogP contribution in [0.25, 0.3) is 0 Å². The zero-order valence-electron chi connectivity index (χ0n) is 15.8. The van der Waals surface area contributed by atoms with Gasteiger partial charge in [-0.05, 0) is 36.7 Å². The van der Waals surface area contributed by atoms with Crippen LogP contribution in [-0.2, 0) is 16.0 Å². The number of rotatable bonds is 6. The van der Waals surface area contributed by atoms with Crippen LogP contribution in [0.15, 0.2) is 24.3 Å². The minimum Gasteiger partial charge on any atom is -0.370 e. The molecule has 4 N–H and O–H groups in total. The minimum atomic E-state index is -0.0892. The van der Waals surface area contributed by atoms with Gasteiger partial charge in [0.1, 0.15) is 13.1 Å². The number of nitrogens with zero attached hydrogens (tertiary/aromatic N) is 1. The molecule has 2 aliphatic heterocycles. The van der Waals surface area contributed by atoms with Crippen LogP contribution in [0.3, 0.4) is 0 Å². The number of quaternary nitrogens is 1. The maximum Gasteiger partial charge on any atom is 0.257 e. The molecule has 1 aromatic rings. The largest absolute Gasteiger partial charge is 0.370 e. The number of fused-ring (bicyclic) bond motifs is 1. The smallest absolute Gasteiger partial charge is 0.257 e. The molecule has 0 bridgehead atoms. The number of morpholine rings is 1. The number of amides is 1. The molecule has 0 spiro atoms. The summed E-state index contributed by atoms with van der Waals surface area (Å²) < 4.78 is 5.36. The Morgan fingerprint density at radius 2 is 2.04 bits per heavy atom. The number of carbonyl (C=O) groups excluding carboxylic acids is 1. The number of thiocarbonyl (C=S) groups is 1. The molecule has 0 aliphatic carbocycles. The van der Waals surface area contributed by atoms with Gasteiger partial charge in [0, 0.05) is 25.2 Å². The first-order valence-electron chi connectivity index (χ1n) is 9.79. The lowest BCUT2D eigenvalue weighted by molar-refractivity contribution is -0.908. The molecule has 1 aromatic carbocycles. The predicted octanol–water partition coefficient (Wildman–Crippen LogP) is -0.760. The summed E-state index contributed by atoms with van der Waals surface area (Å²) in [5.41, 5.74) is 7.96. The fourth-order valence-corrected chi connectivity index (χ4v) is 3.76. The Morgan fingerprint density at radius 3 is 2.89 bits per heavy atom. The van der Waals surface area contributed by atoms with Crippen LogP contribution in [0.5, 0.6) is 0 Å². The second-order valence-corrected chi connectivity index (χ2v) is 7.46. The summed E-state index contributed by atoms with van der Waals surface area (Å²) in [5, 5.41) is 3.60. The lowest BCUT2D eigenvalue weighted by Crippen LogP contribution is -3.14. The van der Waals surface area contributed by atoms with Crippen molar-refractivity contribution in [2.45, 2.75) is 19.3 Å². The molecule has 7 nitrogen and oxygen atoms in total. The van der Waals surface area contributed by atoms with Crippen molar-refractivity contribution in [1.29, 1.82) is 0 Å². The summed E-state index contributed by atoms with van der Waals surface area (Å²) >= 11 is 5.23. The summed E-state index contributed by atoms with van der Waals surface area (Å²) in [6, 6.07) is 8.28. The zero-order chi connectivity index (χ0) is 18.9. The van der Waals surface area contributed by atoms with E-state index in [9.17, 15) is 4.79 Å². The van der Waals surface area contributed by atoms with Crippen LogP contribution in [0.4, 0.5) is 5.69 Å². The zero-order valence-corrected chi connectivity index (χ0v) is 16.6. The molecule has 27 heavy (non-hydrogen) atoms. The molecule has 0 atom stereocenters. The van der Waals surface area contributed by atoms with E-state index in [1.165, 1.54) is 5.56 Å². The van der Waals surface area contributed by atoms with Gasteiger partial charge in [0.05, 0.1) is 26.3 Å². The van der Waals surface area contributed by atoms with Crippen molar-refractivity contribution >= 4 is 28.9 Å². The molecule has 1 saturated heterocycles. The van der Waals surface area contributed by atoms with Gasteiger partial charge in [-0.1, -0.05) is 18.2 Å². The van der Waals surface area contributed by atoms with Crippen molar-refractivity contribution in [3.8, 4) is 0 Å². The van der Waals surface area contributed by atoms with Crippen LogP contribution in [0.2, 0.25) is 0 Å². The Bertz CT molecular complexity index is 636. The maximum absolute atomic E-state index is 12.2. The summed E-state index contributed by atoms with van der Waals surface area (Å²) in [4.78, 5) is 15.9. The van der Waals surface area contributed by atoms with Gasteiger partial charge in [-0.25, -0.2) is 0 Å². The SMILES string of the molecule is O=C(CN1CCCc2ccccc21)NNC(=S)NCCC[NH+]1CCOCC1. The highest BCUT2D eigenvalue weighted by molar-refractivity contribution is 7.80. The van der Waals surface area contributed by atoms with Crippen LogP contribution >= 0.6 is 12.2 Å². The predicted molar refractivity (Wildman–Crippen MR) is 110 cm³/mol. The van der Waals surface area contributed by atoms with E-state index in [2.05, 4.69) is 39.3 Å². The van der Waals surface area contributed by atoms with Crippen molar-refractivity contribution in [3.05, 3.63) is 29.8 Å². The van der Waals surface area contributed by atoms with Crippen LogP contribution in [-0.4, -0.2) is 63.5 Å². The highest BCUT2D eigenvalue weighted by Crippen LogP contribution is 2.25. The van der Waals surface area contributed by atoms with Crippen molar-refractivity contribution in [3.63, 3.8) is 0 Å². The number of ether oxygens (including phenoxy) is 1. The Balaban J connectivity index is 1.30. The second kappa shape index (κ2) is 10.4. The number of nitrogens with one attached hydrogen (secondary N) is 4. The molecule has 0 aromatic heterocycles. The van der Waals surface area contributed by atoms with Crippen LogP contribution < -0.4 is 26.0 Å². The molecule has 1 fully saturated rings. The van der Waals surface area contributed by atoms with Crippen molar-refractivity contribution in [2.75, 3.05) is 57.4 Å². The lowest BCUT2D eigenvalue weighted by atomic mass is 10.0. The van der Waals surface area contributed by atoms with Crippen molar-refractivity contribution in [2.24, 2.45) is 0 Å². The monoisotopic (exact) mass is 392 g/mol. The van der Waals surface area contributed by atoms with E-state index < -0.39 is 0 Å². The number of hydrogen-bond donors (Lipinski definition) is 4. The third-order valence-electron chi connectivity index (χ3n) is 5.05. The van der Waals surface area contributed by atoms with Crippen molar-refractivity contribution in [1.82, 2.24) is 16.2 Å². The van der Waals surface area contributed by atoms with E-state index in [-0.39, 0.29) is 5.91 Å². The van der Waals surface area contributed by atoms with E-state index in [4.69, 9.17) is 17.0 Å². The Labute approximate surface area is 166 Å². The van der Waals surface area contributed by atoms with E-state index >= 15 is 0 Å². The standard InChI is InChI=1S/C19H29N5O2S/c25-18(15-24-10-3-6-16-5-1-2-7-17(16)24)21-22-19(27)20-8-4-9-23-11-13-26-14-12-23/h1-2,5,7H,3-4,6,8-15H2,(H,21,25)(H2,20,22,27)/p+1. The number of carbonyl (C=O) groups is 1. The Kier molecular flexibility index (Phi) is 7.67. The van der Waals surface area contributed by atoms with Gasteiger partial charge in [0.25, 0.3) is 5.91 Å². The summed E-state index contributed by atoms with van der Waals surface area (Å²) in [6.45, 7) is 7.01. The van der Waals surface area contributed by atoms with E-state index in [1.54, 1.807) is 4.90 Å². The third-order valence-corrected chi connectivity index (χ3v) is 5.30. The first-order chi connectivity index (χ1) is 13.2. The fourth-order valence-electron chi connectivity index (χ4n) is 3.61. The van der Waals surface area contributed by atoms with Gasteiger partial charge in [-0.2, -0.15) is 0 Å². The van der Waals surface area contributed by atoms with E-state index in [0.29, 0.717) is 11.7 Å². The minimum absolute atomic E-state index is 0.0892. The van der Waals surface area contributed by atoms with Gasteiger partial charge in [-0.15, -0.1) is 0 Å². The molecule has 0 saturated carbocycles. The molecule has 8 heteroatoms. The number of para-hydroxylation sites is 1. The van der Waals surface area contributed by atoms with Crippen molar-refractivity contribution < 1.29 is 14.4 Å². The molecule has 148 valence electrons. The Morgan fingerprint density at radius 1 is 1.22 bits per heavy atom. The highest BCUT2D eigenvalue weighted by atomic mass is 32.1. The van der Waals surface area contributed by atoms with E-state index in [0.717, 1.165) is 70.9 Å². The second-order valence-electron chi connectivity index (χ2n) is 7.05. The quantitative estimate of drug-likeness (QED) is 0.290. The molecular weight excluding hydrogens is 362 g/mol. The summed E-state index contributed by atoms with van der Waals surface area (Å²) in [5.74, 6) is -0.0892. The summed E-state index contributed by atoms with van der Waals surface area (Å²) in [6.07, 6.45) is 3.19. The first kappa shape index (κ1) is 19.9. The molecule has 3 rings (SSSR count). The molecule has 2 aliphatic rings. The number of anilines is 1. The number of hydrazine groups is 1. The number of benzene rings is 1. The molecule has 0 radical (unpaired) electrons. The first-order valence-corrected chi connectivity index (χ1v) is 10.2. The summed E-state index contributed by atoms with van der Waals surface area (Å²) in [7, 11) is 0. The average molecular weight is 393 g/mol. The average Bonchev–Trinajstić information content (AvgIpc) is 2.71. The normalized spacial score (nSPS) is 17.1. The van der Waals surface area contributed by atoms with Gasteiger partial charge in [-0.3, -0.25) is 15.6 Å². The number of aryl methyl sites for hydroxylation is 1. The van der Waals surface area contributed by atoms with Gasteiger partial charge in [0.15, 0.2) is 5.11 Å². The molecule has 2 heterocycles. The molecule has 1 amide bonds. The maximum atomic E-state index is 12.2. The molecular formula is C19H30N5O2S+. The van der Waals surface area contributed by atoms with Crippen LogP contribution in [0.1, 0.15) is 18.4 Å². The van der Waals surface area contributed by atoms with Gasteiger partial charge in [0.2, 0.25) is 0 Å². The molecule has 0 unspecified atom stereocenters. The van der Waals surface area contributed by atoms with Crippen LogP contribution in [0, 0.1) is 0 Å². The van der Waals surface area contributed by atoms with Gasteiger partial charge >= 0.3 is 0 Å². The van der Waals surface area contributed by atoms with Gasteiger partial charge < -0.3 is 19.9 Å². The number of hydrogen-bond acceptors (Lipinski definition) is 4. The topological polar surface area (TPSA) is 70.1 Å². The lowest BCUT2D eigenvalue weighted by Gasteiger charge is -2.30. The third kappa shape index (κ3) is 6.34. The highest BCUT2D eigenvalue weighted by Gasteiger charge is 2.18. The Hall–Kier alpha value is -1.90. The fraction of sp³-hybridized carbons (Fsp3) is 0.579. The van der Waals surface area contributed by atoms with E-state index in [1.807, 2.05) is 6.07 Å².